The molecule has 0 saturated heterocycles. The van der Waals surface area contributed by atoms with Gasteiger partial charge in [-0.25, -0.2) is 4.79 Å². The van der Waals surface area contributed by atoms with Gasteiger partial charge in [-0.15, -0.1) is 0 Å². The summed E-state index contributed by atoms with van der Waals surface area (Å²) >= 11 is 0. The lowest BCUT2D eigenvalue weighted by Crippen LogP contribution is -2.40. The number of carbonyl (C=O) groups excluding carboxylic acids is 1. The second-order valence-corrected chi connectivity index (χ2v) is 6.69. The third kappa shape index (κ3) is 3.50. The first-order chi connectivity index (χ1) is 12.0. The molecule has 0 radical (unpaired) electrons. The molecule has 1 aliphatic heterocycles. The molecule has 1 aromatic carbocycles. The molecule has 0 spiro atoms. The fraction of sp³-hybridized carbons (Fsp3) is 0.450. The number of hydrogen-bond acceptors (Lipinski definition) is 3. The van der Waals surface area contributed by atoms with Crippen LogP contribution in [0.1, 0.15) is 53.9 Å². The van der Waals surface area contributed by atoms with Gasteiger partial charge in [0.25, 0.3) is 0 Å². The summed E-state index contributed by atoms with van der Waals surface area (Å²) in [6.07, 6.45) is 2.88. The molecule has 3 rings (SSSR count). The van der Waals surface area contributed by atoms with E-state index >= 15 is 0 Å². The van der Waals surface area contributed by atoms with Gasteiger partial charge in [0, 0.05) is 24.4 Å². The summed E-state index contributed by atoms with van der Waals surface area (Å²) in [5, 5.41) is 0. The zero-order valence-corrected chi connectivity index (χ0v) is 15.1. The summed E-state index contributed by atoms with van der Waals surface area (Å²) in [6.45, 7) is 6.60. The van der Waals surface area contributed by atoms with E-state index in [2.05, 4.69) is 35.1 Å². The van der Waals surface area contributed by atoms with Crippen LogP contribution in [0.4, 0.5) is 0 Å². The molecule has 1 aliphatic rings. The number of H-pyrrole nitrogens is 1. The third-order valence-electron chi connectivity index (χ3n) is 5.16. The Morgan fingerprint density at radius 3 is 2.80 bits per heavy atom. The Morgan fingerprint density at radius 1 is 1.32 bits per heavy atom. The van der Waals surface area contributed by atoms with Gasteiger partial charge in [0.05, 0.1) is 6.04 Å². The minimum Gasteiger partial charge on any atom is -0.335 e. The van der Waals surface area contributed by atoms with Crippen molar-refractivity contribution in [3.8, 4) is 0 Å². The van der Waals surface area contributed by atoms with Gasteiger partial charge in [-0.1, -0.05) is 31.2 Å². The highest BCUT2D eigenvalue weighted by Crippen LogP contribution is 2.32. The van der Waals surface area contributed by atoms with Crippen molar-refractivity contribution in [3.63, 3.8) is 0 Å². The van der Waals surface area contributed by atoms with Crippen LogP contribution in [0.25, 0.3) is 0 Å². The molecule has 0 saturated carbocycles. The smallest absolute Gasteiger partial charge is 0.335 e. The fourth-order valence-corrected chi connectivity index (χ4v) is 3.89. The Morgan fingerprint density at radius 2 is 2.08 bits per heavy atom. The third-order valence-corrected chi connectivity index (χ3v) is 5.16. The number of fused-ring (bicyclic) bond motifs is 1. The van der Waals surface area contributed by atoms with Gasteiger partial charge in [0.1, 0.15) is 0 Å². The summed E-state index contributed by atoms with van der Waals surface area (Å²) in [6, 6.07) is 8.58. The summed E-state index contributed by atoms with van der Waals surface area (Å²) in [4.78, 5) is 33.0. The van der Waals surface area contributed by atoms with E-state index in [9.17, 15) is 9.59 Å². The molecule has 1 atom stereocenters. The zero-order valence-electron chi connectivity index (χ0n) is 15.1. The molecule has 1 unspecified atom stereocenters. The van der Waals surface area contributed by atoms with Gasteiger partial charge in [0.15, 0.2) is 0 Å². The SMILES string of the molecule is CCC1c2ccccc2CCN1C(=O)CCc1c(C)nc(=O)[nH]c1C. The van der Waals surface area contributed by atoms with E-state index in [1.54, 1.807) is 0 Å². The van der Waals surface area contributed by atoms with E-state index in [4.69, 9.17) is 0 Å². The van der Waals surface area contributed by atoms with Gasteiger partial charge < -0.3 is 9.88 Å². The van der Waals surface area contributed by atoms with E-state index < -0.39 is 0 Å². The minimum absolute atomic E-state index is 0.161. The number of hydrogen-bond donors (Lipinski definition) is 1. The summed E-state index contributed by atoms with van der Waals surface area (Å²) in [5.41, 5.74) is 4.80. The van der Waals surface area contributed by atoms with E-state index in [0.717, 1.165) is 30.6 Å². The van der Waals surface area contributed by atoms with Crippen molar-refractivity contribution in [1.29, 1.82) is 0 Å². The zero-order chi connectivity index (χ0) is 18.0. The molecule has 1 N–H and O–H groups in total. The highest BCUT2D eigenvalue weighted by molar-refractivity contribution is 5.77. The first-order valence-electron chi connectivity index (χ1n) is 8.95. The van der Waals surface area contributed by atoms with Gasteiger partial charge in [0.2, 0.25) is 5.91 Å². The fourth-order valence-electron chi connectivity index (χ4n) is 3.89. The minimum atomic E-state index is -0.330. The van der Waals surface area contributed by atoms with Crippen molar-refractivity contribution in [3.05, 3.63) is 62.8 Å². The maximum Gasteiger partial charge on any atom is 0.345 e. The predicted octanol–water partition coefficient (Wildman–Crippen LogP) is 2.86. The monoisotopic (exact) mass is 339 g/mol. The largest absolute Gasteiger partial charge is 0.345 e. The van der Waals surface area contributed by atoms with E-state index in [1.807, 2.05) is 24.8 Å². The molecule has 1 aromatic heterocycles. The first-order valence-corrected chi connectivity index (χ1v) is 8.95. The Bertz CT molecular complexity index is 815. The van der Waals surface area contributed by atoms with Crippen molar-refractivity contribution < 1.29 is 4.79 Å². The molecule has 5 heteroatoms. The van der Waals surface area contributed by atoms with Crippen molar-refractivity contribution >= 4 is 5.91 Å². The van der Waals surface area contributed by atoms with Crippen LogP contribution in [-0.2, 0) is 17.6 Å². The Kier molecular flexibility index (Phi) is 5.02. The molecule has 5 nitrogen and oxygen atoms in total. The predicted molar refractivity (Wildman–Crippen MR) is 97.5 cm³/mol. The van der Waals surface area contributed by atoms with Gasteiger partial charge in [-0.3, -0.25) is 4.79 Å². The van der Waals surface area contributed by atoms with Gasteiger partial charge in [-0.05, 0) is 49.8 Å². The molecule has 0 fully saturated rings. The molecule has 1 amide bonds. The average molecular weight is 339 g/mol. The number of amides is 1. The molecule has 2 aromatic rings. The Hall–Kier alpha value is -2.43. The molecule has 2 heterocycles. The number of carbonyl (C=O) groups is 1. The molecule has 132 valence electrons. The first kappa shape index (κ1) is 17.4. The summed E-state index contributed by atoms with van der Waals surface area (Å²) in [5.74, 6) is 0.173. The number of nitrogens with one attached hydrogen (secondary N) is 1. The number of rotatable bonds is 4. The number of benzene rings is 1. The standard InChI is InChI=1S/C20H25N3O2/c1-4-18-17-8-6-5-7-15(17)11-12-23(18)19(24)10-9-16-13(2)21-20(25)22-14(16)3/h5-8,18H,4,9-12H2,1-3H3,(H,21,22,25). The molecule has 25 heavy (non-hydrogen) atoms. The van der Waals surface area contributed by atoms with Crippen molar-refractivity contribution in [1.82, 2.24) is 14.9 Å². The average Bonchev–Trinajstić information content (AvgIpc) is 2.59. The van der Waals surface area contributed by atoms with Crippen LogP contribution in [0.3, 0.4) is 0 Å². The lowest BCUT2D eigenvalue weighted by molar-refractivity contribution is -0.134. The highest BCUT2D eigenvalue weighted by Gasteiger charge is 2.29. The van der Waals surface area contributed by atoms with E-state index in [1.165, 1.54) is 11.1 Å². The second-order valence-electron chi connectivity index (χ2n) is 6.69. The normalized spacial score (nSPS) is 16.6. The molecule has 0 aliphatic carbocycles. The lowest BCUT2D eigenvalue weighted by atomic mass is 9.90. The summed E-state index contributed by atoms with van der Waals surface area (Å²) < 4.78 is 0. The quantitative estimate of drug-likeness (QED) is 0.931. The number of aromatic nitrogens is 2. The Labute approximate surface area is 148 Å². The summed E-state index contributed by atoms with van der Waals surface area (Å²) in [7, 11) is 0. The number of aryl methyl sites for hydroxylation is 2. The maximum absolute atomic E-state index is 12.9. The van der Waals surface area contributed by atoms with Crippen LogP contribution in [0, 0.1) is 13.8 Å². The van der Waals surface area contributed by atoms with Crippen molar-refractivity contribution in [2.45, 2.75) is 52.5 Å². The van der Waals surface area contributed by atoms with E-state index in [-0.39, 0.29) is 17.6 Å². The van der Waals surface area contributed by atoms with Crippen LogP contribution < -0.4 is 5.69 Å². The molecular weight excluding hydrogens is 314 g/mol. The maximum atomic E-state index is 12.9. The number of nitrogens with zero attached hydrogens (tertiary/aromatic N) is 2. The Balaban J connectivity index is 1.75. The van der Waals surface area contributed by atoms with Gasteiger partial charge in [-0.2, -0.15) is 4.98 Å². The number of aromatic amines is 1. The van der Waals surface area contributed by atoms with Crippen LogP contribution >= 0.6 is 0 Å². The lowest BCUT2D eigenvalue weighted by Gasteiger charge is -2.37. The second kappa shape index (κ2) is 7.21. The van der Waals surface area contributed by atoms with Gasteiger partial charge >= 0.3 is 5.69 Å². The van der Waals surface area contributed by atoms with Crippen molar-refractivity contribution in [2.75, 3.05) is 6.54 Å². The van der Waals surface area contributed by atoms with Crippen LogP contribution in [0.5, 0.6) is 0 Å². The van der Waals surface area contributed by atoms with E-state index in [0.29, 0.717) is 18.5 Å². The topological polar surface area (TPSA) is 66.1 Å². The molecular formula is C20H25N3O2. The van der Waals surface area contributed by atoms with Crippen LogP contribution in [0.2, 0.25) is 0 Å². The highest BCUT2D eigenvalue weighted by atomic mass is 16.2. The molecule has 0 bridgehead atoms. The van der Waals surface area contributed by atoms with Crippen LogP contribution in [-0.4, -0.2) is 27.3 Å². The van der Waals surface area contributed by atoms with Crippen LogP contribution in [0.15, 0.2) is 29.1 Å². The van der Waals surface area contributed by atoms with Crippen molar-refractivity contribution in [2.24, 2.45) is 0 Å².